The van der Waals surface area contributed by atoms with Gasteiger partial charge in [-0.05, 0) is 50.5 Å². The number of amides is 2. The fourth-order valence-corrected chi connectivity index (χ4v) is 3.20. The molecular formula is C21H28N2O4. The maximum Gasteiger partial charge on any atom is 0.410 e. The number of benzene rings is 1. The number of hydrogen-bond acceptors (Lipinski definition) is 4. The molecule has 27 heavy (non-hydrogen) atoms. The van der Waals surface area contributed by atoms with Gasteiger partial charge in [-0.2, -0.15) is 0 Å². The molecule has 2 amide bonds. The first-order valence-corrected chi connectivity index (χ1v) is 9.50. The van der Waals surface area contributed by atoms with Crippen LogP contribution in [0.4, 0.5) is 4.79 Å². The van der Waals surface area contributed by atoms with Crippen LogP contribution >= 0.6 is 0 Å². The number of carbonyl (C=O) groups excluding carboxylic acids is 2. The summed E-state index contributed by atoms with van der Waals surface area (Å²) in [6.45, 7) is 8.36. The zero-order valence-electron chi connectivity index (χ0n) is 16.4. The minimum absolute atomic E-state index is 0.0108. The molecule has 0 N–H and O–H groups in total. The second kappa shape index (κ2) is 8.03. The Morgan fingerprint density at radius 1 is 1.15 bits per heavy atom. The smallest absolute Gasteiger partial charge is 0.410 e. The Bertz CT molecular complexity index is 728. The van der Waals surface area contributed by atoms with E-state index in [0.717, 1.165) is 25.2 Å². The van der Waals surface area contributed by atoms with Crippen LogP contribution in [0.3, 0.4) is 0 Å². The third kappa shape index (κ3) is 5.25. The van der Waals surface area contributed by atoms with Crippen LogP contribution in [-0.4, -0.2) is 60.2 Å². The molecule has 6 heteroatoms. The van der Waals surface area contributed by atoms with Gasteiger partial charge in [-0.15, -0.1) is 0 Å². The van der Waals surface area contributed by atoms with Gasteiger partial charge in [0.2, 0.25) is 5.91 Å². The van der Waals surface area contributed by atoms with Gasteiger partial charge in [0.1, 0.15) is 11.4 Å². The van der Waals surface area contributed by atoms with Crippen molar-refractivity contribution in [3.05, 3.63) is 41.5 Å². The zero-order chi connectivity index (χ0) is 19.4. The van der Waals surface area contributed by atoms with Crippen molar-refractivity contribution in [2.24, 2.45) is 0 Å². The first-order chi connectivity index (χ1) is 12.8. The van der Waals surface area contributed by atoms with Crippen LogP contribution in [0.15, 0.2) is 30.4 Å². The van der Waals surface area contributed by atoms with E-state index in [1.165, 1.54) is 11.1 Å². The number of ether oxygens (including phenoxy) is 2. The fraction of sp³-hybridized carbons (Fsp3) is 0.524. The van der Waals surface area contributed by atoms with Gasteiger partial charge < -0.3 is 19.3 Å². The van der Waals surface area contributed by atoms with E-state index in [0.29, 0.717) is 26.2 Å². The normalized spacial score (nSPS) is 17.0. The molecule has 0 unspecified atom stereocenters. The van der Waals surface area contributed by atoms with Gasteiger partial charge >= 0.3 is 6.09 Å². The van der Waals surface area contributed by atoms with E-state index in [1.54, 1.807) is 15.9 Å². The monoisotopic (exact) mass is 372 g/mol. The van der Waals surface area contributed by atoms with Crippen LogP contribution < -0.4 is 4.74 Å². The van der Waals surface area contributed by atoms with E-state index < -0.39 is 5.60 Å². The number of allylic oxidation sites excluding steroid dienone is 1. The molecule has 1 fully saturated rings. The van der Waals surface area contributed by atoms with Crippen molar-refractivity contribution in [3.63, 3.8) is 0 Å². The molecule has 0 spiro atoms. The van der Waals surface area contributed by atoms with E-state index in [9.17, 15) is 9.59 Å². The Balaban J connectivity index is 1.45. The van der Waals surface area contributed by atoms with Gasteiger partial charge in [-0.1, -0.05) is 18.2 Å². The Kier molecular flexibility index (Phi) is 5.73. The minimum Gasteiger partial charge on any atom is -0.493 e. The Morgan fingerprint density at radius 3 is 2.56 bits per heavy atom. The van der Waals surface area contributed by atoms with Gasteiger partial charge in [0.05, 0.1) is 6.61 Å². The maximum atomic E-state index is 12.4. The molecule has 2 aliphatic rings. The first kappa shape index (κ1) is 19.3. The molecule has 0 aromatic heterocycles. The van der Waals surface area contributed by atoms with Crippen LogP contribution in [-0.2, 0) is 22.4 Å². The lowest BCUT2D eigenvalue weighted by Gasteiger charge is -2.35. The van der Waals surface area contributed by atoms with Crippen LogP contribution in [0.5, 0.6) is 5.75 Å². The lowest BCUT2D eigenvalue weighted by atomic mass is 10.1. The largest absolute Gasteiger partial charge is 0.493 e. The molecule has 0 saturated carbocycles. The summed E-state index contributed by atoms with van der Waals surface area (Å²) >= 11 is 0. The Morgan fingerprint density at radius 2 is 1.85 bits per heavy atom. The molecule has 0 bridgehead atoms. The van der Waals surface area contributed by atoms with E-state index in [4.69, 9.17) is 9.47 Å². The molecule has 1 aromatic rings. The quantitative estimate of drug-likeness (QED) is 0.766. The highest BCUT2D eigenvalue weighted by Gasteiger charge is 2.26. The number of piperazine rings is 1. The van der Waals surface area contributed by atoms with Gasteiger partial charge in [0.25, 0.3) is 0 Å². The predicted octanol–water partition coefficient (Wildman–Crippen LogP) is 2.80. The summed E-state index contributed by atoms with van der Waals surface area (Å²) in [5, 5.41) is 0. The average molecular weight is 372 g/mol. The van der Waals surface area contributed by atoms with Crippen molar-refractivity contribution >= 4 is 12.0 Å². The molecule has 1 aromatic carbocycles. The van der Waals surface area contributed by atoms with Gasteiger partial charge in [0, 0.05) is 32.6 Å². The SMILES string of the molecule is CC(C)(C)OC(=O)N1CCN(C(=O)/C=C/Cc2ccc3c(c2)CCO3)CC1. The van der Waals surface area contributed by atoms with Gasteiger partial charge in [0.15, 0.2) is 0 Å². The summed E-state index contributed by atoms with van der Waals surface area (Å²) in [6, 6.07) is 6.19. The highest BCUT2D eigenvalue weighted by atomic mass is 16.6. The molecular weight excluding hydrogens is 344 g/mol. The van der Waals surface area contributed by atoms with Crippen molar-refractivity contribution in [1.82, 2.24) is 9.80 Å². The molecule has 0 aliphatic carbocycles. The van der Waals surface area contributed by atoms with E-state index >= 15 is 0 Å². The van der Waals surface area contributed by atoms with Crippen molar-refractivity contribution in [2.75, 3.05) is 32.8 Å². The summed E-state index contributed by atoms with van der Waals surface area (Å²) in [6.07, 6.45) is 4.89. The average Bonchev–Trinajstić information content (AvgIpc) is 3.08. The lowest BCUT2D eigenvalue weighted by molar-refractivity contribution is -0.127. The van der Waals surface area contributed by atoms with Crippen molar-refractivity contribution in [2.45, 2.75) is 39.2 Å². The van der Waals surface area contributed by atoms with E-state index in [2.05, 4.69) is 6.07 Å². The highest BCUT2D eigenvalue weighted by Crippen LogP contribution is 2.26. The summed E-state index contributed by atoms with van der Waals surface area (Å²) < 4.78 is 10.9. The minimum atomic E-state index is -0.504. The summed E-state index contributed by atoms with van der Waals surface area (Å²) in [7, 11) is 0. The molecule has 3 rings (SSSR count). The Labute approximate surface area is 160 Å². The molecule has 2 aliphatic heterocycles. The van der Waals surface area contributed by atoms with Crippen LogP contribution in [0.2, 0.25) is 0 Å². The molecule has 0 radical (unpaired) electrons. The number of nitrogens with zero attached hydrogens (tertiary/aromatic N) is 2. The second-order valence-corrected chi connectivity index (χ2v) is 7.94. The van der Waals surface area contributed by atoms with Crippen LogP contribution in [0.25, 0.3) is 0 Å². The fourth-order valence-electron chi connectivity index (χ4n) is 3.20. The standard InChI is InChI=1S/C21H28N2O4/c1-21(2,3)27-20(25)23-12-10-22(11-13-23)19(24)6-4-5-16-7-8-18-17(15-16)9-14-26-18/h4,6-8,15H,5,9-14H2,1-3H3/b6-4+. The van der Waals surface area contributed by atoms with Gasteiger partial charge in [-0.3, -0.25) is 4.79 Å². The number of hydrogen-bond donors (Lipinski definition) is 0. The summed E-state index contributed by atoms with van der Waals surface area (Å²) in [4.78, 5) is 27.9. The van der Waals surface area contributed by atoms with E-state index in [1.807, 2.05) is 39.0 Å². The van der Waals surface area contributed by atoms with Crippen molar-refractivity contribution < 1.29 is 19.1 Å². The van der Waals surface area contributed by atoms with Crippen LogP contribution in [0, 0.1) is 0 Å². The molecule has 2 heterocycles. The predicted molar refractivity (Wildman–Crippen MR) is 103 cm³/mol. The van der Waals surface area contributed by atoms with Crippen molar-refractivity contribution in [3.8, 4) is 5.75 Å². The second-order valence-electron chi connectivity index (χ2n) is 7.94. The lowest BCUT2D eigenvalue weighted by Crippen LogP contribution is -2.51. The summed E-state index contributed by atoms with van der Waals surface area (Å²) in [5.74, 6) is 0.963. The number of rotatable bonds is 3. The third-order valence-electron chi connectivity index (χ3n) is 4.61. The highest BCUT2D eigenvalue weighted by molar-refractivity contribution is 5.87. The number of fused-ring (bicyclic) bond motifs is 1. The maximum absolute atomic E-state index is 12.4. The topological polar surface area (TPSA) is 59.1 Å². The van der Waals surface area contributed by atoms with Gasteiger partial charge in [-0.25, -0.2) is 4.79 Å². The van der Waals surface area contributed by atoms with Crippen LogP contribution in [0.1, 0.15) is 31.9 Å². The zero-order valence-corrected chi connectivity index (χ0v) is 16.4. The Hall–Kier alpha value is -2.50. The molecule has 0 atom stereocenters. The molecule has 146 valence electrons. The molecule has 1 saturated heterocycles. The van der Waals surface area contributed by atoms with Crippen molar-refractivity contribution in [1.29, 1.82) is 0 Å². The summed E-state index contributed by atoms with van der Waals surface area (Å²) in [5.41, 5.74) is 1.92. The third-order valence-corrected chi connectivity index (χ3v) is 4.61. The number of carbonyl (C=O) groups is 2. The first-order valence-electron chi connectivity index (χ1n) is 9.50. The molecule has 6 nitrogen and oxygen atoms in total. The van der Waals surface area contributed by atoms with E-state index in [-0.39, 0.29) is 12.0 Å².